The van der Waals surface area contributed by atoms with Crippen molar-refractivity contribution in [1.82, 2.24) is 15.0 Å². The Hall–Kier alpha value is -2.24. The van der Waals surface area contributed by atoms with Crippen LogP contribution in [0.1, 0.15) is 11.3 Å². The second-order valence-electron chi connectivity index (χ2n) is 4.84. The average Bonchev–Trinajstić information content (AvgIpc) is 2.92. The molecule has 0 aliphatic rings. The van der Waals surface area contributed by atoms with E-state index in [0.29, 0.717) is 28.5 Å². The molecule has 0 amide bonds. The lowest BCUT2D eigenvalue weighted by atomic mass is 10.1. The van der Waals surface area contributed by atoms with Crippen LogP contribution in [0.15, 0.2) is 48.5 Å². The van der Waals surface area contributed by atoms with E-state index >= 15 is 0 Å². The fourth-order valence-corrected chi connectivity index (χ4v) is 2.41. The van der Waals surface area contributed by atoms with Crippen LogP contribution in [0.4, 0.5) is 4.39 Å². The molecule has 1 N–H and O–H groups in total. The predicted molar refractivity (Wildman–Crippen MR) is 81.9 cm³/mol. The van der Waals surface area contributed by atoms with Gasteiger partial charge in [-0.05, 0) is 29.8 Å². The van der Waals surface area contributed by atoms with E-state index in [0.717, 1.165) is 5.56 Å². The molecule has 1 aromatic heterocycles. The number of halogens is 2. The molecular formula is C16H13ClFN3O. The third-order valence-electron chi connectivity index (χ3n) is 3.30. The van der Waals surface area contributed by atoms with Crippen molar-refractivity contribution in [2.45, 2.75) is 13.2 Å². The molecule has 0 fully saturated rings. The molecule has 0 unspecified atom stereocenters. The van der Waals surface area contributed by atoms with Gasteiger partial charge in [0, 0.05) is 10.6 Å². The van der Waals surface area contributed by atoms with Crippen molar-refractivity contribution in [3.63, 3.8) is 0 Å². The number of rotatable bonds is 4. The van der Waals surface area contributed by atoms with Gasteiger partial charge in [-0.3, -0.25) is 0 Å². The molecule has 22 heavy (non-hydrogen) atoms. The Morgan fingerprint density at radius 1 is 1.14 bits per heavy atom. The number of benzene rings is 2. The van der Waals surface area contributed by atoms with Crippen molar-refractivity contribution < 1.29 is 9.50 Å². The Kier molecular flexibility index (Phi) is 4.18. The summed E-state index contributed by atoms with van der Waals surface area (Å²) in [6.07, 6.45) is 0. The Bertz CT molecular complexity index is 786. The summed E-state index contributed by atoms with van der Waals surface area (Å²) >= 11 is 5.88. The van der Waals surface area contributed by atoms with Crippen molar-refractivity contribution in [3.8, 4) is 11.3 Å². The lowest BCUT2D eigenvalue weighted by molar-refractivity contribution is 0.277. The van der Waals surface area contributed by atoms with Crippen LogP contribution in [0, 0.1) is 5.82 Å². The quantitative estimate of drug-likeness (QED) is 0.803. The molecule has 2 aromatic carbocycles. The van der Waals surface area contributed by atoms with Crippen molar-refractivity contribution in [1.29, 1.82) is 0 Å². The minimum Gasteiger partial charge on any atom is -0.390 e. The Labute approximate surface area is 131 Å². The van der Waals surface area contributed by atoms with Crippen molar-refractivity contribution in [2.24, 2.45) is 0 Å². The Balaban J connectivity index is 2.02. The van der Waals surface area contributed by atoms with Gasteiger partial charge in [0.15, 0.2) is 0 Å². The lowest BCUT2D eigenvalue weighted by Crippen LogP contribution is -2.04. The first-order valence-corrected chi connectivity index (χ1v) is 7.09. The lowest BCUT2D eigenvalue weighted by Gasteiger charge is -2.08. The molecule has 6 heteroatoms. The minimum atomic E-state index is -0.347. The number of aliphatic hydroxyl groups is 1. The summed E-state index contributed by atoms with van der Waals surface area (Å²) in [5.41, 5.74) is 2.64. The molecule has 0 saturated carbocycles. The maximum Gasteiger partial charge on any atom is 0.123 e. The zero-order valence-electron chi connectivity index (χ0n) is 11.6. The summed E-state index contributed by atoms with van der Waals surface area (Å²) in [6.45, 7) is 0.197. The standard InChI is InChI=1S/C16H13ClFN3O/c17-13-6-4-11(5-7-13)9-21-16(15(10-22)19-20-21)12-2-1-3-14(18)8-12/h1-8,22H,9-10H2. The van der Waals surface area contributed by atoms with E-state index in [1.165, 1.54) is 12.1 Å². The summed E-state index contributed by atoms with van der Waals surface area (Å²) in [5.74, 6) is -0.347. The fourth-order valence-electron chi connectivity index (χ4n) is 2.28. The molecule has 0 bridgehead atoms. The highest BCUT2D eigenvalue weighted by atomic mass is 35.5. The molecule has 0 saturated heterocycles. The molecular weight excluding hydrogens is 305 g/mol. The van der Waals surface area contributed by atoms with E-state index in [-0.39, 0.29) is 12.4 Å². The first-order valence-electron chi connectivity index (χ1n) is 6.71. The summed E-state index contributed by atoms with van der Waals surface area (Å²) < 4.78 is 15.1. The van der Waals surface area contributed by atoms with Gasteiger partial charge in [0.05, 0.1) is 18.8 Å². The monoisotopic (exact) mass is 317 g/mol. The maximum absolute atomic E-state index is 13.5. The van der Waals surface area contributed by atoms with Gasteiger partial charge >= 0.3 is 0 Å². The maximum atomic E-state index is 13.5. The van der Waals surface area contributed by atoms with Gasteiger partial charge in [-0.2, -0.15) is 0 Å². The molecule has 0 radical (unpaired) electrons. The molecule has 0 aliphatic heterocycles. The summed E-state index contributed by atoms with van der Waals surface area (Å²) in [5, 5.41) is 18.1. The van der Waals surface area contributed by atoms with Gasteiger partial charge in [-0.1, -0.05) is 41.1 Å². The van der Waals surface area contributed by atoms with Gasteiger partial charge < -0.3 is 5.11 Å². The molecule has 0 spiro atoms. The molecule has 1 heterocycles. The normalized spacial score (nSPS) is 10.9. The number of hydrogen-bond donors (Lipinski definition) is 1. The summed E-state index contributed by atoms with van der Waals surface area (Å²) in [4.78, 5) is 0. The smallest absolute Gasteiger partial charge is 0.123 e. The van der Waals surface area contributed by atoms with Gasteiger partial charge in [0.1, 0.15) is 11.5 Å². The van der Waals surface area contributed by atoms with Crippen molar-refractivity contribution >= 4 is 11.6 Å². The SMILES string of the molecule is OCc1nnn(Cc2ccc(Cl)cc2)c1-c1cccc(F)c1. The van der Waals surface area contributed by atoms with Crippen LogP contribution in [-0.2, 0) is 13.2 Å². The number of hydrogen-bond acceptors (Lipinski definition) is 3. The first-order chi connectivity index (χ1) is 10.7. The zero-order valence-corrected chi connectivity index (χ0v) is 12.3. The van der Waals surface area contributed by atoms with Crippen LogP contribution < -0.4 is 0 Å². The van der Waals surface area contributed by atoms with E-state index < -0.39 is 0 Å². The van der Waals surface area contributed by atoms with Crippen LogP contribution in [-0.4, -0.2) is 20.1 Å². The zero-order chi connectivity index (χ0) is 15.5. The highest BCUT2D eigenvalue weighted by Gasteiger charge is 2.15. The van der Waals surface area contributed by atoms with E-state index in [1.54, 1.807) is 28.9 Å². The Morgan fingerprint density at radius 2 is 1.91 bits per heavy atom. The highest BCUT2D eigenvalue weighted by molar-refractivity contribution is 6.30. The van der Waals surface area contributed by atoms with Crippen LogP contribution in [0.25, 0.3) is 11.3 Å². The molecule has 112 valence electrons. The van der Waals surface area contributed by atoms with Crippen LogP contribution in [0.2, 0.25) is 5.02 Å². The summed E-state index contributed by atoms with van der Waals surface area (Å²) in [7, 11) is 0. The molecule has 4 nitrogen and oxygen atoms in total. The average molecular weight is 318 g/mol. The first kappa shape index (κ1) is 14.7. The van der Waals surface area contributed by atoms with Crippen LogP contribution >= 0.6 is 11.6 Å². The minimum absolute atomic E-state index is 0.257. The van der Waals surface area contributed by atoms with E-state index in [2.05, 4.69) is 10.3 Å². The van der Waals surface area contributed by atoms with E-state index in [4.69, 9.17) is 11.6 Å². The second-order valence-corrected chi connectivity index (χ2v) is 5.27. The largest absolute Gasteiger partial charge is 0.390 e. The fraction of sp³-hybridized carbons (Fsp3) is 0.125. The van der Waals surface area contributed by atoms with E-state index in [1.807, 2.05) is 12.1 Å². The van der Waals surface area contributed by atoms with Gasteiger partial charge in [-0.15, -0.1) is 5.10 Å². The van der Waals surface area contributed by atoms with Gasteiger partial charge in [0.2, 0.25) is 0 Å². The third-order valence-corrected chi connectivity index (χ3v) is 3.55. The van der Waals surface area contributed by atoms with Gasteiger partial charge in [0.25, 0.3) is 0 Å². The number of aromatic nitrogens is 3. The Morgan fingerprint density at radius 3 is 2.59 bits per heavy atom. The number of nitrogens with zero attached hydrogens (tertiary/aromatic N) is 3. The van der Waals surface area contributed by atoms with Crippen LogP contribution in [0.5, 0.6) is 0 Å². The molecule has 0 atom stereocenters. The topological polar surface area (TPSA) is 50.9 Å². The van der Waals surface area contributed by atoms with Gasteiger partial charge in [-0.25, -0.2) is 9.07 Å². The summed E-state index contributed by atoms with van der Waals surface area (Å²) in [6, 6.07) is 13.5. The number of aliphatic hydroxyl groups excluding tert-OH is 1. The molecule has 0 aliphatic carbocycles. The highest BCUT2D eigenvalue weighted by Crippen LogP contribution is 2.24. The second kappa shape index (κ2) is 6.25. The van der Waals surface area contributed by atoms with E-state index in [9.17, 15) is 9.50 Å². The molecule has 3 rings (SSSR count). The predicted octanol–water partition coefficient (Wildman–Crippen LogP) is 3.28. The van der Waals surface area contributed by atoms with Crippen molar-refractivity contribution in [2.75, 3.05) is 0 Å². The third kappa shape index (κ3) is 3.00. The van der Waals surface area contributed by atoms with Crippen LogP contribution in [0.3, 0.4) is 0 Å². The molecule has 3 aromatic rings. The van der Waals surface area contributed by atoms with Crippen molar-refractivity contribution in [3.05, 3.63) is 70.6 Å².